The van der Waals surface area contributed by atoms with Crippen LogP contribution in [0.15, 0.2) is 48.7 Å². The summed E-state index contributed by atoms with van der Waals surface area (Å²) in [4.78, 5) is 22.3. The normalized spacial score (nSPS) is 11.5. The molecule has 0 spiro atoms. The zero-order valence-corrected chi connectivity index (χ0v) is 15.7. The lowest BCUT2D eigenvalue weighted by atomic mass is 10.1. The Hall–Kier alpha value is -3.81. The van der Waals surface area contributed by atoms with Crippen molar-refractivity contribution in [2.75, 3.05) is 14.2 Å². The number of aliphatic carboxylic acids is 1. The number of nitrogens with zero attached hydrogens (tertiary/aromatic N) is 1. The van der Waals surface area contributed by atoms with Gasteiger partial charge in [-0.2, -0.15) is 0 Å². The number of carbonyl (C=O) groups is 2. The molecular formula is C21H18FNO6. The molecule has 0 aliphatic rings. The van der Waals surface area contributed by atoms with Crippen LogP contribution in [0.25, 0.3) is 16.7 Å². The molecule has 0 bridgehead atoms. The Kier molecular flexibility index (Phi) is 5.54. The van der Waals surface area contributed by atoms with Crippen LogP contribution in [0, 0.1) is 5.82 Å². The Bertz CT molecular complexity index is 1110. The third-order valence-electron chi connectivity index (χ3n) is 4.39. The monoisotopic (exact) mass is 399 g/mol. The molecule has 0 unspecified atom stereocenters. The Balaban J connectivity index is 2.21. The van der Waals surface area contributed by atoms with Gasteiger partial charge in [0.15, 0.2) is 0 Å². The highest BCUT2D eigenvalue weighted by Gasteiger charge is 2.19. The zero-order valence-electron chi connectivity index (χ0n) is 15.7. The number of ether oxygens (including phenoxy) is 2. The largest absolute Gasteiger partial charge is 0.507 e. The quantitative estimate of drug-likeness (QED) is 0.359. The summed E-state index contributed by atoms with van der Waals surface area (Å²) < 4.78 is 25.7. The van der Waals surface area contributed by atoms with Crippen LogP contribution in [0.1, 0.15) is 11.1 Å². The average Bonchev–Trinajstić information content (AvgIpc) is 3.07. The van der Waals surface area contributed by atoms with Gasteiger partial charge in [-0.3, -0.25) is 4.79 Å². The molecule has 0 aliphatic heterocycles. The summed E-state index contributed by atoms with van der Waals surface area (Å²) >= 11 is 0. The van der Waals surface area contributed by atoms with Gasteiger partial charge in [-0.25, -0.2) is 9.18 Å². The fourth-order valence-corrected chi connectivity index (χ4v) is 3.03. The maximum absolute atomic E-state index is 13.2. The summed E-state index contributed by atoms with van der Waals surface area (Å²) in [7, 11) is 2.95. The number of fused-ring (bicyclic) bond motifs is 1. The van der Waals surface area contributed by atoms with Crippen molar-refractivity contribution in [2.45, 2.75) is 6.54 Å². The molecule has 1 aromatic heterocycles. The topological polar surface area (TPSA) is 98.0 Å². The number of carboxylic acid groups (broad SMARTS) is 1. The van der Waals surface area contributed by atoms with E-state index in [-0.39, 0.29) is 11.4 Å². The van der Waals surface area contributed by atoms with Gasteiger partial charge in [0, 0.05) is 35.8 Å². The van der Waals surface area contributed by atoms with Crippen molar-refractivity contribution in [3.63, 3.8) is 0 Å². The molecule has 0 aliphatic carbocycles. The molecule has 7 nitrogen and oxygen atoms in total. The van der Waals surface area contributed by atoms with Gasteiger partial charge in [-0.1, -0.05) is 12.1 Å². The molecule has 2 N–H and O–H groups in total. The molecule has 0 fully saturated rings. The summed E-state index contributed by atoms with van der Waals surface area (Å²) in [6.45, 7) is 0.319. The fraction of sp³-hybridized carbons (Fsp3) is 0.143. The second-order valence-corrected chi connectivity index (χ2v) is 6.22. The Morgan fingerprint density at radius 2 is 1.79 bits per heavy atom. The maximum Gasteiger partial charge on any atom is 0.376 e. The first kappa shape index (κ1) is 19.9. The van der Waals surface area contributed by atoms with Crippen molar-refractivity contribution in [1.82, 2.24) is 4.57 Å². The molecule has 150 valence electrons. The summed E-state index contributed by atoms with van der Waals surface area (Å²) in [6, 6.07) is 9.23. The minimum Gasteiger partial charge on any atom is -0.507 e. The van der Waals surface area contributed by atoms with Crippen LogP contribution in [-0.2, 0) is 16.1 Å². The third-order valence-corrected chi connectivity index (χ3v) is 4.39. The number of aliphatic hydroxyl groups is 1. The smallest absolute Gasteiger partial charge is 0.376 e. The van der Waals surface area contributed by atoms with Crippen molar-refractivity contribution in [3.8, 4) is 11.5 Å². The zero-order chi connectivity index (χ0) is 21.1. The standard InChI is InChI=1S/C21H18FNO6/c1-28-14-7-15-16(17(24)9-18(25)21(26)27)11-23(20(15)19(8-14)29-2)10-12-3-5-13(22)6-4-12/h3-9,11,24H,10H2,1-2H3,(H,26,27)/b17-9+. The van der Waals surface area contributed by atoms with Crippen molar-refractivity contribution in [1.29, 1.82) is 0 Å². The minimum atomic E-state index is -1.68. The maximum atomic E-state index is 13.2. The van der Waals surface area contributed by atoms with Crippen LogP contribution in [0.5, 0.6) is 11.5 Å². The van der Waals surface area contributed by atoms with Crippen LogP contribution in [0.3, 0.4) is 0 Å². The van der Waals surface area contributed by atoms with E-state index >= 15 is 0 Å². The van der Waals surface area contributed by atoms with Gasteiger partial charge in [0.05, 0.1) is 19.7 Å². The van der Waals surface area contributed by atoms with Crippen molar-refractivity contribution in [3.05, 3.63) is 65.6 Å². The number of hydrogen-bond acceptors (Lipinski definition) is 5. The number of rotatable bonds is 7. The number of carboxylic acids is 1. The van der Waals surface area contributed by atoms with Gasteiger partial charge >= 0.3 is 5.97 Å². The van der Waals surface area contributed by atoms with Crippen LogP contribution in [0.4, 0.5) is 4.39 Å². The fourth-order valence-electron chi connectivity index (χ4n) is 3.03. The number of halogens is 1. The molecule has 8 heteroatoms. The Morgan fingerprint density at radius 1 is 1.10 bits per heavy atom. The number of aliphatic hydroxyl groups excluding tert-OH is 1. The number of methoxy groups -OCH3 is 2. The van der Waals surface area contributed by atoms with Crippen LogP contribution < -0.4 is 9.47 Å². The summed E-state index contributed by atoms with van der Waals surface area (Å²) in [5.74, 6) is -2.89. The number of ketones is 1. The molecule has 29 heavy (non-hydrogen) atoms. The van der Waals surface area contributed by atoms with Crippen LogP contribution in [-0.4, -0.2) is 40.8 Å². The summed E-state index contributed by atoms with van der Waals surface area (Å²) in [5.41, 5.74) is 1.61. The van der Waals surface area contributed by atoms with Gasteiger partial charge in [0.25, 0.3) is 5.78 Å². The van der Waals surface area contributed by atoms with Crippen molar-refractivity contribution in [2.24, 2.45) is 0 Å². The molecular weight excluding hydrogens is 381 g/mol. The molecule has 0 amide bonds. The van der Waals surface area contributed by atoms with E-state index in [9.17, 15) is 19.1 Å². The van der Waals surface area contributed by atoms with E-state index in [2.05, 4.69) is 0 Å². The molecule has 3 rings (SSSR count). The molecule has 3 aromatic rings. The lowest BCUT2D eigenvalue weighted by Gasteiger charge is -2.11. The number of carbonyl (C=O) groups excluding carboxylic acids is 1. The molecule has 0 saturated carbocycles. The highest BCUT2D eigenvalue weighted by atomic mass is 19.1. The minimum absolute atomic E-state index is 0.230. The molecule has 0 saturated heterocycles. The van der Waals surface area contributed by atoms with E-state index in [1.165, 1.54) is 26.4 Å². The second-order valence-electron chi connectivity index (χ2n) is 6.22. The van der Waals surface area contributed by atoms with Crippen molar-refractivity contribution >= 4 is 28.4 Å². The Labute approximate surface area is 165 Å². The predicted octanol–water partition coefficient (Wildman–Crippen LogP) is 3.40. The summed E-state index contributed by atoms with van der Waals surface area (Å²) in [5, 5.41) is 19.7. The number of aromatic nitrogens is 1. The van der Waals surface area contributed by atoms with Gasteiger partial charge in [-0.15, -0.1) is 0 Å². The van der Waals surface area contributed by atoms with Gasteiger partial charge in [0.1, 0.15) is 23.1 Å². The van der Waals surface area contributed by atoms with Gasteiger partial charge < -0.3 is 24.3 Å². The molecule has 1 heterocycles. The van der Waals surface area contributed by atoms with E-state index in [4.69, 9.17) is 14.6 Å². The van der Waals surface area contributed by atoms with E-state index in [1.54, 1.807) is 35.0 Å². The first-order valence-corrected chi connectivity index (χ1v) is 8.51. The highest BCUT2D eigenvalue weighted by Crippen LogP contribution is 2.37. The predicted molar refractivity (Wildman–Crippen MR) is 104 cm³/mol. The Morgan fingerprint density at radius 3 is 2.38 bits per heavy atom. The van der Waals surface area contributed by atoms with Crippen molar-refractivity contribution < 1.29 is 33.7 Å². The van der Waals surface area contributed by atoms with E-state index in [0.717, 1.165) is 5.56 Å². The van der Waals surface area contributed by atoms with Gasteiger partial charge in [-0.05, 0) is 23.8 Å². The molecule has 2 aromatic carbocycles. The van der Waals surface area contributed by atoms with Crippen LogP contribution >= 0.6 is 0 Å². The number of benzene rings is 2. The molecule has 0 atom stereocenters. The highest BCUT2D eigenvalue weighted by molar-refractivity contribution is 6.38. The summed E-state index contributed by atoms with van der Waals surface area (Å²) in [6.07, 6.45) is 2.21. The average molecular weight is 399 g/mol. The van der Waals surface area contributed by atoms with E-state index < -0.39 is 17.5 Å². The van der Waals surface area contributed by atoms with Gasteiger partial charge in [0.2, 0.25) is 0 Å². The number of hydrogen-bond donors (Lipinski definition) is 2. The van der Waals surface area contributed by atoms with E-state index in [1.807, 2.05) is 0 Å². The lowest BCUT2D eigenvalue weighted by Crippen LogP contribution is -2.09. The lowest BCUT2D eigenvalue weighted by molar-refractivity contribution is -0.146. The SMILES string of the molecule is COc1cc(OC)c2c(c1)c(/C(O)=C\C(=O)C(=O)O)cn2Cc1ccc(F)cc1. The second kappa shape index (κ2) is 8.05. The first-order chi connectivity index (χ1) is 13.8. The molecule has 0 radical (unpaired) electrons. The van der Waals surface area contributed by atoms with Crippen LogP contribution in [0.2, 0.25) is 0 Å². The van der Waals surface area contributed by atoms with E-state index in [0.29, 0.717) is 35.0 Å². The first-order valence-electron chi connectivity index (χ1n) is 8.51. The third kappa shape index (κ3) is 4.06.